The van der Waals surface area contributed by atoms with Crippen molar-refractivity contribution < 1.29 is 23.1 Å². The second kappa shape index (κ2) is 12.1. The van der Waals surface area contributed by atoms with E-state index < -0.39 is 22.2 Å². The number of sulfonamides is 1. The lowest BCUT2D eigenvalue weighted by molar-refractivity contribution is 0.144. The number of ether oxygens (including phenoxy) is 1. The minimum atomic E-state index is -3.21. The second-order valence-corrected chi connectivity index (χ2v) is 8.40. The first kappa shape index (κ1) is 23.6. The molecule has 2 rings (SSSR count). The van der Waals surface area contributed by atoms with Gasteiger partial charge >= 0.3 is 6.09 Å². The van der Waals surface area contributed by atoms with Crippen molar-refractivity contribution in [3.63, 3.8) is 0 Å². The molecule has 1 unspecified atom stereocenters. The van der Waals surface area contributed by atoms with Gasteiger partial charge in [0.2, 0.25) is 10.0 Å². The van der Waals surface area contributed by atoms with Crippen molar-refractivity contribution >= 4 is 16.1 Å². The van der Waals surface area contributed by atoms with E-state index in [4.69, 9.17) is 5.73 Å². The Morgan fingerprint density at radius 1 is 1.07 bits per heavy atom. The standard InChI is InChI=1S/C12H19NO3S.C8H9NO2/c1-13(17(2,15)16)10-12(14)9-8-11-6-4-3-5-7-11;9-8(10)11-6-7-4-2-1-3-5-7/h3-7,12,14H,8-10H2,1-2H3;1-5H,6H2,(H2,9,10). The van der Waals surface area contributed by atoms with Gasteiger partial charge in [-0.25, -0.2) is 17.5 Å². The molecule has 0 bridgehead atoms. The molecular formula is C20H28N2O5S. The maximum atomic E-state index is 11.2. The summed E-state index contributed by atoms with van der Waals surface area (Å²) in [7, 11) is -1.73. The maximum absolute atomic E-state index is 11.2. The van der Waals surface area contributed by atoms with Gasteiger partial charge < -0.3 is 15.6 Å². The number of amides is 1. The van der Waals surface area contributed by atoms with E-state index in [1.54, 1.807) is 0 Å². The summed E-state index contributed by atoms with van der Waals surface area (Å²) in [6, 6.07) is 19.2. The monoisotopic (exact) mass is 408 g/mol. The van der Waals surface area contributed by atoms with E-state index in [1.807, 2.05) is 60.7 Å². The van der Waals surface area contributed by atoms with Crippen LogP contribution in [0.25, 0.3) is 0 Å². The molecule has 0 aliphatic rings. The van der Waals surface area contributed by atoms with Crippen LogP contribution in [0.2, 0.25) is 0 Å². The molecule has 0 fully saturated rings. The van der Waals surface area contributed by atoms with Crippen molar-refractivity contribution in [1.29, 1.82) is 0 Å². The highest BCUT2D eigenvalue weighted by atomic mass is 32.2. The summed E-state index contributed by atoms with van der Waals surface area (Å²) >= 11 is 0. The number of nitrogens with zero attached hydrogens (tertiary/aromatic N) is 1. The number of hydrogen-bond donors (Lipinski definition) is 2. The quantitative estimate of drug-likeness (QED) is 0.695. The fourth-order valence-corrected chi connectivity index (χ4v) is 2.67. The number of nitrogens with two attached hydrogens (primary N) is 1. The van der Waals surface area contributed by atoms with Crippen molar-refractivity contribution in [2.75, 3.05) is 19.8 Å². The van der Waals surface area contributed by atoms with E-state index in [1.165, 1.54) is 11.4 Å². The van der Waals surface area contributed by atoms with Crippen molar-refractivity contribution in [3.8, 4) is 0 Å². The molecule has 3 N–H and O–H groups in total. The number of rotatable bonds is 8. The summed E-state index contributed by atoms with van der Waals surface area (Å²) < 4.78 is 28.0. The van der Waals surface area contributed by atoms with Gasteiger partial charge in [0.25, 0.3) is 0 Å². The summed E-state index contributed by atoms with van der Waals surface area (Å²) in [4.78, 5) is 10.2. The molecule has 7 nitrogen and oxygen atoms in total. The number of hydrogen-bond acceptors (Lipinski definition) is 5. The molecule has 2 aromatic rings. The fraction of sp³-hybridized carbons (Fsp3) is 0.350. The van der Waals surface area contributed by atoms with Crippen LogP contribution in [-0.4, -0.2) is 49.9 Å². The van der Waals surface area contributed by atoms with Crippen LogP contribution in [0.4, 0.5) is 4.79 Å². The summed E-state index contributed by atoms with van der Waals surface area (Å²) in [5, 5.41) is 9.74. The van der Waals surface area contributed by atoms with Crippen molar-refractivity contribution in [3.05, 3.63) is 71.8 Å². The van der Waals surface area contributed by atoms with E-state index in [0.717, 1.165) is 23.8 Å². The zero-order chi connectivity index (χ0) is 21.0. The minimum Gasteiger partial charge on any atom is -0.445 e. The first-order valence-corrected chi connectivity index (χ1v) is 10.6. The Bertz CT molecular complexity index is 798. The van der Waals surface area contributed by atoms with Crippen LogP contribution < -0.4 is 5.73 Å². The summed E-state index contributed by atoms with van der Waals surface area (Å²) in [6.45, 7) is 0.391. The molecule has 0 heterocycles. The zero-order valence-corrected chi connectivity index (χ0v) is 17.0. The summed E-state index contributed by atoms with van der Waals surface area (Å²) in [5.74, 6) is 0. The van der Waals surface area contributed by atoms with Crippen LogP contribution in [0.5, 0.6) is 0 Å². The zero-order valence-electron chi connectivity index (χ0n) is 16.2. The molecule has 8 heteroatoms. The maximum Gasteiger partial charge on any atom is 0.404 e. The van der Waals surface area contributed by atoms with Crippen LogP contribution in [0.3, 0.4) is 0 Å². The molecule has 0 aliphatic heterocycles. The number of carbonyl (C=O) groups is 1. The fourth-order valence-electron chi connectivity index (χ4n) is 2.23. The third-order valence-corrected chi connectivity index (χ3v) is 5.15. The van der Waals surface area contributed by atoms with Gasteiger partial charge in [0.1, 0.15) is 6.61 Å². The highest BCUT2D eigenvalue weighted by Gasteiger charge is 2.15. The first-order chi connectivity index (χ1) is 13.2. The van der Waals surface area contributed by atoms with Gasteiger partial charge in [-0.3, -0.25) is 0 Å². The Morgan fingerprint density at radius 3 is 2.04 bits per heavy atom. The molecule has 28 heavy (non-hydrogen) atoms. The lowest BCUT2D eigenvalue weighted by Crippen LogP contribution is -2.33. The van der Waals surface area contributed by atoms with Gasteiger partial charge in [-0.05, 0) is 24.0 Å². The Morgan fingerprint density at radius 2 is 1.57 bits per heavy atom. The molecule has 0 radical (unpaired) electrons. The van der Waals surface area contributed by atoms with Crippen molar-refractivity contribution in [2.24, 2.45) is 5.73 Å². The number of likely N-dealkylation sites (N-methyl/N-ethyl adjacent to an activating group) is 1. The summed E-state index contributed by atoms with van der Waals surface area (Å²) in [6.07, 6.45) is 1.07. The van der Waals surface area contributed by atoms with Gasteiger partial charge in [-0.2, -0.15) is 0 Å². The SMILES string of the molecule is CN(CC(O)CCc1ccccc1)S(C)(=O)=O.NC(=O)OCc1ccccc1. The van der Waals surface area contributed by atoms with Gasteiger partial charge in [-0.15, -0.1) is 0 Å². The Hall–Kier alpha value is -2.42. The molecule has 0 spiro atoms. The molecule has 0 aliphatic carbocycles. The van der Waals surface area contributed by atoms with E-state index in [0.29, 0.717) is 6.42 Å². The smallest absolute Gasteiger partial charge is 0.404 e. The van der Waals surface area contributed by atoms with Crippen LogP contribution in [0.15, 0.2) is 60.7 Å². The Kier molecular flexibility index (Phi) is 10.2. The van der Waals surface area contributed by atoms with E-state index in [2.05, 4.69) is 4.74 Å². The van der Waals surface area contributed by atoms with Gasteiger partial charge in [0, 0.05) is 13.6 Å². The third kappa shape index (κ3) is 10.7. The Labute approximate surface area is 166 Å². The molecular weight excluding hydrogens is 380 g/mol. The number of carbonyl (C=O) groups excluding carboxylic acids is 1. The second-order valence-electron chi connectivity index (χ2n) is 6.31. The molecule has 1 amide bonds. The molecule has 0 saturated heterocycles. The molecule has 1 atom stereocenters. The lowest BCUT2D eigenvalue weighted by atomic mass is 10.1. The van der Waals surface area contributed by atoms with Gasteiger partial charge in [-0.1, -0.05) is 60.7 Å². The van der Waals surface area contributed by atoms with E-state index in [-0.39, 0.29) is 13.2 Å². The number of primary amides is 1. The lowest BCUT2D eigenvalue weighted by Gasteiger charge is -2.18. The molecule has 0 saturated carbocycles. The van der Waals surface area contributed by atoms with Crippen molar-refractivity contribution in [1.82, 2.24) is 4.31 Å². The third-order valence-electron chi connectivity index (χ3n) is 3.87. The van der Waals surface area contributed by atoms with Crippen LogP contribution in [0, 0.1) is 0 Å². The van der Waals surface area contributed by atoms with Gasteiger partial charge in [0.15, 0.2) is 0 Å². The topological polar surface area (TPSA) is 110 Å². The summed E-state index contributed by atoms with van der Waals surface area (Å²) in [5.41, 5.74) is 6.86. The normalized spacial score (nSPS) is 12.0. The average Bonchev–Trinajstić information content (AvgIpc) is 2.66. The molecule has 154 valence electrons. The van der Waals surface area contributed by atoms with Crippen LogP contribution in [-0.2, 0) is 27.8 Å². The number of benzene rings is 2. The number of aliphatic hydroxyl groups excluding tert-OH is 1. The van der Waals surface area contributed by atoms with Crippen molar-refractivity contribution in [2.45, 2.75) is 25.6 Å². The van der Waals surface area contributed by atoms with E-state index in [9.17, 15) is 18.3 Å². The number of aryl methyl sites for hydroxylation is 1. The predicted octanol–water partition coefficient (Wildman–Crippen LogP) is 2.15. The first-order valence-electron chi connectivity index (χ1n) is 8.78. The Balaban J connectivity index is 0.000000307. The predicted molar refractivity (Wildman–Crippen MR) is 109 cm³/mol. The van der Waals surface area contributed by atoms with Gasteiger partial charge in [0.05, 0.1) is 12.4 Å². The average molecular weight is 409 g/mol. The van der Waals surface area contributed by atoms with E-state index >= 15 is 0 Å². The van der Waals surface area contributed by atoms with Crippen LogP contribution >= 0.6 is 0 Å². The molecule has 2 aromatic carbocycles. The van der Waals surface area contributed by atoms with Crippen LogP contribution in [0.1, 0.15) is 17.5 Å². The highest BCUT2D eigenvalue weighted by Crippen LogP contribution is 2.06. The number of aliphatic hydroxyl groups is 1. The highest BCUT2D eigenvalue weighted by molar-refractivity contribution is 7.88. The minimum absolute atomic E-state index is 0.145. The largest absolute Gasteiger partial charge is 0.445 e. The molecule has 0 aromatic heterocycles.